The van der Waals surface area contributed by atoms with E-state index in [0.717, 1.165) is 24.5 Å². The second kappa shape index (κ2) is 11.3. The van der Waals surface area contributed by atoms with E-state index < -0.39 is 29.2 Å². The van der Waals surface area contributed by atoms with Crippen molar-refractivity contribution < 1.29 is 23.1 Å². The SMILES string of the molecule is CC(C)(C)OC(=O)[C@H](Cc1ccc2c(c1)CCC2)N1CCN(C(=O)[C@@H]2CNC[C@H]2c2ccc(F)cc2F)CC1. The zero-order valence-electron chi connectivity index (χ0n) is 23.1. The van der Waals surface area contributed by atoms with Crippen molar-refractivity contribution in [3.8, 4) is 0 Å². The van der Waals surface area contributed by atoms with Crippen LogP contribution in [0.15, 0.2) is 36.4 Å². The number of ether oxygens (including phenoxy) is 1. The third kappa shape index (κ3) is 6.33. The summed E-state index contributed by atoms with van der Waals surface area (Å²) < 4.78 is 33.8. The van der Waals surface area contributed by atoms with Crippen molar-refractivity contribution in [3.05, 3.63) is 70.3 Å². The molecule has 3 atom stereocenters. The number of hydrogen-bond acceptors (Lipinski definition) is 5. The highest BCUT2D eigenvalue weighted by atomic mass is 19.1. The Bertz CT molecular complexity index is 1220. The van der Waals surface area contributed by atoms with Gasteiger partial charge in [-0.15, -0.1) is 0 Å². The normalized spacial score (nSPS) is 22.5. The monoisotopic (exact) mass is 539 g/mol. The van der Waals surface area contributed by atoms with Crippen molar-refractivity contribution >= 4 is 11.9 Å². The Labute approximate surface area is 229 Å². The Balaban J connectivity index is 1.27. The molecule has 0 saturated carbocycles. The van der Waals surface area contributed by atoms with Crippen molar-refractivity contribution in [1.29, 1.82) is 0 Å². The highest BCUT2D eigenvalue weighted by molar-refractivity contribution is 5.81. The molecule has 0 unspecified atom stereocenters. The van der Waals surface area contributed by atoms with Crippen LogP contribution >= 0.6 is 0 Å². The predicted octanol–water partition coefficient (Wildman–Crippen LogP) is 3.85. The van der Waals surface area contributed by atoms with Gasteiger partial charge in [0, 0.05) is 51.3 Å². The summed E-state index contributed by atoms with van der Waals surface area (Å²) in [6, 6.07) is 9.70. The molecular formula is C31H39F2N3O3. The van der Waals surface area contributed by atoms with E-state index in [9.17, 15) is 18.4 Å². The van der Waals surface area contributed by atoms with Crippen LogP contribution < -0.4 is 5.32 Å². The van der Waals surface area contributed by atoms with Crippen molar-refractivity contribution in [2.45, 2.75) is 64.0 Å². The third-order valence-corrected chi connectivity index (χ3v) is 8.23. The summed E-state index contributed by atoms with van der Waals surface area (Å²) in [6.07, 6.45) is 3.94. The Hall–Kier alpha value is -2.84. The van der Waals surface area contributed by atoms with E-state index in [1.54, 1.807) is 0 Å². The number of benzene rings is 2. The number of hydrogen-bond donors (Lipinski definition) is 1. The van der Waals surface area contributed by atoms with Gasteiger partial charge in [0.05, 0.1) is 5.92 Å². The summed E-state index contributed by atoms with van der Waals surface area (Å²) in [5.74, 6) is -2.26. The number of nitrogens with one attached hydrogen (secondary N) is 1. The molecule has 0 spiro atoms. The van der Waals surface area contributed by atoms with E-state index in [4.69, 9.17) is 4.74 Å². The van der Waals surface area contributed by atoms with Crippen LogP contribution in [-0.4, -0.2) is 72.6 Å². The fourth-order valence-corrected chi connectivity index (χ4v) is 6.26. The molecule has 5 rings (SSSR count). The molecule has 2 aliphatic heterocycles. The molecule has 39 heavy (non-hydrogen) atoms. The number of aryl methyl sites for hydroxylation is 2. The quantitative estimate of drug-likeness (QED) is 0.565. The fourth-order valence-electron chi connectivity index (χ4n) is 6.26. The smallest absolute Gasteiger partial charge is 0.324 e. The van der Waals surface area contributed by atoms with E-state index in [1.165, 1.54) is 29.7 Å². The van der Waals surface area contributed by atoms with Crippen LogP contribution in [0.3, 0.4) is 0 Å². The lowest BCUT2D eigenvalue weighted by Gasteiger charge is -2.40. The first-order valence-electron chi connectivity index (χ1n) is 14.1. The van der Waals surface area contributed by atoms with Crippen LogP contribution in [0.2, 0.25) is 0 Å². The van der Waals surface area contributed by atoms with Gasteiger partial charge < -0.3 is 15.0 Å². The van der Waals surface area contributed by atoms with Crippen molar-refractivity contribution in [1.82, 2.24) is 15.1 Å². The fraction of sp³-hybridized carbons (Fsp3) is 0.548. The number of carbonyl (C=O) groups is 2. The molecule has 2 aromatic rings. The van der Waals surface area contributed by atoms with Crippen molar-refractivity contribution in [2.24, 2.45) is 5.92 Å². The second-order valence-corrected chi connectivity index (χ2v) is 12.1. The van der Waals surface area contributed by atoms with E-state index in [0.29, 0.717) is 51.3 Å². The Morgan fingerprint density at radius 1 is 1.00 bits per heavy atom. The number of halogens is 2. The van der Waals surface area contributed by atoms with Gasteiger partial charge in [0.25, 0.3) is 0 Å². The lowest BCUT2D eigenvalue weighted by atomic mass is 9.87. The average Bonchev–Trinajstić information content (AvgIpc) is 3.55. The lowest BCUT2D eigenvalue weighted by Crippen LogP contribution is -2.56. The van der Waals surface area contributed by atoms with Gasteiger partial charge in [0.15, 0.2) is 0 Å². The summed E-state index contributed by atoms with van der Waals surface area (Å²) >= 11 is 0. The van der Waals surface area contributed by atoms with Gasteiger partial charge in [0.2, 0.25) is 5.91 Å². The summed E-state index contributed by atoms with van der Waals surface area (Å²) in [5, 5.41) is 3.21. The predicted molar refractivity (Wildman–Crippen MR) is 145 cm³/mol. The Morgan fingerprint density at radius 2 is 1.74 bits per heavy atom. The first-order valence-corrected chi connectivity index (χ1v) is 14.1. The van der Waals surface area contributed by atoms with Crippen molar-refractivity contribution in [3.63, 3.8) is 0 Å². The number of carbonyl (C=O) groups excluding carboxylic acids is 2. The Morgan fingerprint density at radius 3 is 2.46 bits per heavy atom. The van der Waals surface area contributed by atoms with E-state index in [-0.39, 0.29) is 17.8 Å². The van der Waals surface area contributed by atoms with Crippen LogP contribution in [-0.2, 0) is 33.6 Å². The van der Waals surface area contributed by atoms with Gasteiger partial charge in [-0.1, -0.05) is 24.3 Å². The molecule has 2 aromatic carbocycles. The van der Waals surface area contributed by atoms with Crippen LogP contribution in [0, 0.1) is 17.6 Å². The molecule has 3 aliphatic rings. The third-order valence-electron chi connectivity index (χ3n) is 8.23. The minimum atomic E-state index is -0.624. The second-order valence-electron chi connectivity index (χ2n) is 12.1. The minimum Gasteiger partial charge on any atom is -0.459 e. The number of piperazine rings is 1. The number of amides is 1. The maximum atomic E-state index is 14.5. The van der Waals surface area contributed by atoms with Crippen LogP contribution in [0.5, 0.6) is 0 Å². The summed E-state index contributed by atoms with van der Waals surface area (Å²) in [4.78, 5) is 30.9. The molecule has 1 amide bonds. The molecular weight excluding hydrogens is 500 g/mol. The largest absolute Gasteiger partial charge is 0.459 e. The molecule has 0 bridgehead atoms. The maximum Gasteiger partial charge on any atom is 0.324 e. The van der Waals surface area contributed by atoms with Gasteiger partial charge in [-0.25, -0.2) is 8.78 Å². The first kappa shape index (κ1) is 27.7. The molecule has 8 heteroatoms. The average molecular weight is 540 g/mol. The molecule has 0 aromatic heterocycles. The van der Waals surface area contributed by atoms with Crippen LogP contribution in [0.25, 0.3) is 0 Å². The molecule has 210 valence electrons. The van der Waals surface area contributed by atoms with Gasteiger partial charge >= 0.3 is 5.97 Å². The summed E-state index contributed by atoms with van der Waals surface area (Å²) in [7, 11) is 0. The highest BCUT2D eigenvalue weighted by Gasteiger charge is 2.40. The molecule has 2 heterocycles. The zero-order valence-corrected chi connectivity index (χ0v) is 23.1. The summed E-state index contributed by atoms with van der Waals surface area (Å²) in [5.41, 5.74) is 3.69. The van der Waals surface area contributed by atoms with Gasteiger partial charge in [-0.05, 0) is 74.8 Å². The number of esters is 1. The molecule has 2 saturated heterocycles. The summed E-state index contributed by atoms with van der Waals surface area (Å²) in [6.45, 7) is 8.64. The first-order chi connectivity index (χ1) is 18.6. The number of nitrogens with zero attached hydrogens (tertiary/aromatic N) is 2. The molecule has 6 nitrogen and oxygen atoms in total. The van der Waals surface area contributed by atoms with Gasteiger partial charge in [0.1, 0.15) is 23.3 Å². The van der Waals surface area contributed by atoms with Gasteiger partial charge in [-0.2, -0.15) is 0 Å². The van der Waals surface area contributed by atoms with E-state index >= 15 is 0 Å². The van der Waals surface area contributed by atoms with Gasteiger partial charge in [-0.3, -0.25) is 14.5 Å². The lowest BCUT2D eigenvalue weighted by molar-refractivity contribution is -0.162. The maximum absolute atomic E-state index is 14.5. The van der Waals surface area contributed by atoms with Crippen molar-refractivity contribution in [2.75, 3.05) is 39.3 Å². The molecule has 1 aliphatic carbocycles. The standard InChI is InChI=1S/C31H39F2N3O3/c1-31(2,3)39-30(38)28(16-20-7-8-21-5-4-6-22(21)15-20)35-11-13-36(14-12-35)29(37)26-19-34-18-25(26)24-10-9-23(32)17-27(24)33/h7-10,15,17,25-26,28,34H,4-6,11-14,16,18-19H2,1-3H3/t25-,26+,28-/m0/s1. The highest BCUT2D eigenvalue weighted by Crippen LogP contribution is 2.32. The zero-order chi connectivity index (χ0) is 27.7. The van der Waals surface area contributed by atoms with Crippen LogP contribution in [0.4, 0.5) is 8.78 Å². The number of fused-ring (bicyclic) bond motifs is 1. The minimum absolute atomic E-state index is 0.0270. The molecule has 0 radical (unpaired) electrons. The number of rotatable bonds is 6. The van der Waals surface area contributed by atoms with E-state index in [1.807, 2.05) is 25.7 Å². The van der Waals surface area contributed by atoms with Crippen LogP contribution in [0.1, 0.15) is 55.4 Å². The molecule has 2 fully saturated rings. The topological polar surface area (TPSA) is 61.9 Å². The Kier molecular flexibility index (Phi) is 8.06. The van der Waals surface area contributed by atoms with E-state index in [2.05, 4.69) is 28.4 Å². The molecule has 1 N–H and O–H groups in total.